The van der Waals surface area contributed by atoms with E-state index in [2.05, 4.69) is 0 Å². The standard InChI is InChI=1S/C24H30N2O7S/c1-26(24(28)17-8-4-3-5-9-17)16-20(15-23(27)25-29)34(30,31)19-12-13-21(32-2)22(14-19)33-18-10-6-7-11-18/h3-5,8-9,12-14,18,20,29H,6-7,10-11,15-16H2,1-2H3,(H,25,27). The highest BCUT2D eigenvalue weighted by Gasteiger charge is 2.33. The zero-order chi connectivity index (χ0) is 24.7. The van der Waals surface area contributed by atoms with Crippen LogP contribution in [0.5, 0.6) is 11.5 Å². The molecule has 2 aromatic carbocycles. The molecule has 184 valence electrons. The van der Waals surface area contributed by atoms with Crippen LogP contribution in [0.3, 0.4) is 0 Å². The van der Waals surface area contributed by atoms with Gasteiger partial charge in [-0.05, 0) is 49.9 Å². The van der Waals surface area contributed by atoms with Crippen molar-refractivity contribution in [3.63, 3.8) is 0 Å². The van der Waals surface area contributed by atoms with Crippen LogP contribution in [0, 0.1) is 0 Å². The van der Waals surface area contributed by atoms with Crippen molar-refractivity contribution in [2.24, 2.45) is 0 Å². The number of carbonyl (C=O) groups is 2. The third kappa shape index (κ3) is 6.06. The number of nitrogens with zero attached hydrogens (tertiary/aromatic N) is 1. The van der Waals surface area contributed by atoms with E-state index >= 15 is 0 Å². The molecule has 0 radical (unpaired) electrons. The van der Waals surface area contributed by atoms with E-state index < -0.39 is 27.4 Å². The van der Waals surface area contributed by atoms with E-state index in [1.807, 2.05) is 0 Å². The number of sulfone groups is 1. The van der Waals surface area contributed by atoms with Gasteiger partial charge in [-0.15, -0.1) is 0 Å². The number of rotatable bonds is 10. The summed E-state index contributed by atoms with van der Waals surface area (Å²) >= 11 is 0. The Bertz CT molecular complexity index is 1100. The molecule has 1 atom stereocenters. The molecule has 2 aromatic rings. The Labute approximate surface area is 199 Å². The summed E-state index contributed by atoms with van der Waals surface area (Å²) in [7, 11) is -1.15. The summed E-state index contributed by atoms with van der Waals surface area (Å²) in [5, 5.41) is 7.70. The second-order valence-corrected chi connectivity index (χ2v) is 10.5. The van der Waals surface area contributed by atoms with Gasteiger partial charge in [-0.3, -0.25) is 14.8 Å². The SMILES string of the molecule is COc1ccc(S(=O)(=O)C(CC(=O)NO)CN(C)C(=O)c2ccccc2)cc1OC1CCCC1. The number of nitrogens with one attached hydrogen (secondary N) is 1. The van der Waals surface area contributed by atoms with E-state index in [0.29, 0.717) is 17.1 Å². The van der Waals surface area contributed by atoms with E-state index in [0.717, 1.165) is 25.7 Å². The van der Waals surface area contributed by atoms with Gasteiger partial charge < -0.3 is 14.4 Å². The zero-order valence-electron chi connectivity index (χ0n) is 19.3. The number of carbonyl (C=O) groups excluding carboxylic acids is 2. The number of ether oxygens (including phenoxy) is 2. The summed E-state index contributed by atoms with van der Waals surface area (Å²) in [6, 6.07) is 12.7. The second-order valence-electron chi connectivity index (χ2n) is 8.29. The van der Waals surface area contributed by atoms with Crippen LogP contribution in [0.4, 0.5) is 0 Å². The predicted octanol–water partition coefficient (Wildman–Crippen LogP) is 2.83. The van der Waals surface area contributed by atoms with Gasteiger partial charge in [-0.2, -0.15) is 0 Å². The van der Waals surface area contributed by atoms with Crippen molar-refractivity contribution in [2.45, 2.75) is 48.4 Å². The lowest BCUT2D eigenvalue weighted by molar-refractivity contribution is -0.129. The van der Waals surface area contributed by atoms with Gasteiger partial charge in [0.15, 0.2) is 21.3 Å². The number of amides is 2. The molecule has 0 aromatic heterocycles. The van der Waals surface area contributed by atoms with Crippen molar-refractivity contribution in [1.82, 2.24) is 10.4 Å². The lowest BCUT2D eigenvalue weighted by Crippen LogP contribution is -2.41. The van der Waals surface area contributed by atoms with Crippen LogP contribution in [-0.2, 0) is 14.6 Å². The molecule has 1 unspecified atom stereocenters. The van der Waals surface area contributed by atoms with Crippen molar-refractivity contribution in [1.29, 1.82) is 0 Å². The molecule has 1 fully saturated rings. The maximum atomic E-state index is 13.6. The molecule has 0 heterocycles. The van der Waals surface area contributed by atoms with Crippen molar-refractivity contribution in [3.8, 4) is 11.5 Å². The van der Waals surface area contributed by atoms with Gasteiger partial charge in [-0.25, -0.2) is 13.9 Å². The van der Waals surface area contributed by atoms with Gasteiger partial charge in [0.1, 0.15) is 0 Å². The van der Waals surface area contributed by atoms with Crippen molar-refractivity contribution < 1.29 is 32.7 Å². The lowest BCUT2D eigenvalue weighted by Gasteiger charge is -2.24. The molecule has 0 bridgehead atoms. The Morgan fingerprint density at radius 1 is 1.12 bits per heavy atom. The Hall–Kier alpha value is -3.11. The second kappa shape index (κ2) is 11.3. The highest BCUT2D eigenvalue weighted by Crippen LogP contribution is 2.35. The summed E-state index contributed by atoms with van der Waals surface area (Å²) < 4.78 is 38.5. The molecule has 0 spiro atoms. The average Bonchev–Trinajstić information content (AvgIpc) is 3.36. The van der Waals surface area contributed by atoms with E-state index in [4.69, 9.17) is 14.7 Å². The molecule has 0 saturated heterocycles. The highest BCUT2D eigenvalue weighted by molar-refractivity contribution is 7.92. The predicted molar refractivity (Wildman–Crippen MR) is 125 cm³/mol. The van der Waals surface area contributed by atoms with Crippen LogP contribution >= 0.6 is 0 Å². The molecule has 1 aliphatic carbocycles. The Kier molecular flexibility index (Phi) is 8.51. The van der Waals surface area contributed by atoms with E-state index in [-0.39, 0.29) is 23.5 Å². The molecule has 1 aliphatic rings. The maximum absolute atomic E-state index is 13.6. The fourth-order valence-corrected chi connectivity index (χ4v) is 5.72. The first-order valence-electron chi connectivity index (χ1n) is 11.1. The van der Waals surface area contributed by atoms with Gasteiger partial charge >= 0.3 is 0 Å². The number of methoxy groups -OCH3 is 1. The molecule has 2 amide bonds. The first kappa shape index (κ1) is 25.5. The summed E-state index contributed by atoms with van der Waals surface area (Å²) in [6.07, 6.45) is 3.31. The van der Waals surface area contributed by atoms with Crippen LogP contribution in [0.1, 0.15) is 42.5 Å². The quantitative estimate of drug-likeness (QED) is 0.388. The number of benzene rings is 2. The molecular weight excluding hydrogens is 460 g/mol. The maximum Gasteiger partial charge on any atom is 0.253 e. The summed E-state index contributed by atoms with van der Waals surface area (Å²) in [4.78, 5) is 25.9. The average molecular weight is 491 g/mol. The van der Waals surface area contributed by atoms with Gasteiger partial charge in [0.05, 0.1) is 23.4 Å². The minimum atomic E-state index is -4.10. The van der Waals surface area contributed by atoms with Crippen LogP contribution in [0.25, 0.3) is 0 Å². The molecule has 34 heavy (non-hydrogen) atoms. The molecule has 0 aliphatic heterocycles. The van der Waals surface area contributed by atoms with Crippen LogP contribution in [-0.4, -0.2) is 62.4 Å². The minimum Gasteiger partial charge on any atom is -0.493 e. The molecule has 10 heteroatoms. The van der Waals surface area contributed by atoms with Crippen LogP contribution < -0.4 is 15.0 Å². The van der Waals surface area contributed by atoms with Crippen molar-refractivity contribution in [3.05, 3.63) is 54.1 Å². The van der Waals surface area contributed by atoms with E-state index in [9.17, 15) is 18.0 Å². The van der Waals surface area contributed by atoms with E-state index in [1.54, 1.807) is 30.3 Å². The topological polar surface area (TPSA) is 122 Å². The van der Waals surface area contributed by atoms with Gasteiger partial charge in [0.25, 0.3) is 5.91 Å². The largest absolute Gasteiger partial charge is 0.493 e. The Morgan fingerprint density at radius 3 is 2.41 bits per heavy atom. The van der Waals surface area contributed by atoms with Gasteiger partial charge in [0.2, 0.25) is 5.91 Å². The fraction of sp³-hybridized carbons (Fsp3) is 0.417. The summed E-state index contributed by atoms with van der Waals surface area (Å²) in [5.74, 6) is -0.531. The smallest absolute Gasteiger partial charge is 0.253 e. The number of hydroxylamine groups is 1. The third-order valence-electron chi connectivity index (χ3n) is 5.88. The molecular formula is C24H30N2O7S. The molecule has 2 N–H and O–H groups in total. The summed E-state index contributed by atoms with van der Waals surface area (Å²) in [6.45, 7) is -0.256. The van der Waals surface area contributed by atoms with E-state index in [1.165, 1.54) is 42.7 Å². The van der Waals surface area contributed by atoms with Crippen molar-refractivity contribution in [2.75, 3.05) is 20.7 Å². The normalized spacial score (nSPS) is 14.9. The number of hydrogen-bond donors (Lipinski definition) is 2. The molecule has 3 rings (SSSR count). The first-order valence-corrected chi connectivity index (χ1v) is 12.6. The van der Waals surface area contributed by atoms with Gasteiger partial charge in [-0.1, -0.05) is 18.2 Å². The van der Waals surface area contributed by atoms with Crippen LogP contribution in [0.15, 0.2) is 53.4 Å². The molecule has 9 nitrogen and oxygen atoms in total. The Morgan fingerprint density at radius 2 is 1.79 bits per heavy atom. The Balaban J connectivity index is 1.90. The fourth-order valence-electron chi connectivity index (χ4n) is 4.02. The minimum absolute atomic E-state index is 0.0163. The van der Waals surface area contributed by atoms with Crippen molar-refractivity contribution >= 4 is 21.7 Å². The van der Waals surface area contributed by atoms with Gasteiger partial charge in [0, 0.05) is 31.6 Å². The summed E-state index contributed by atoms with van der Waals surface area (Å²) in [5.41, 5.74) is 1.87. The zero-order valence-corrected chi connectivity index (χ0v) is 20.1. The monoisotopic (exact) mass is 490 g/mol. The highest BCUT2D eigenvalue weighted by atomic mass is 32.2. The number of hydrogen-bond acceptors (Lipinski definition) is 7. The third-order valence-corrected chi connectivity index (χ3v) is 7.99. The van der Waals surface area contributed by atoms with Crippen LogP contribution in [0.2, 0.25) is 0 Å². The lowest BCUT2D eigenvalue weighted by atomic mass is 10.2. The molecule has 1 saturated carbocycles. The first-order chi connectivity index (χ1) is 16.3.